The van der Waals surface area contributed by atoms with E-state index in [0.29, 0.717) is 25.6 Å². The second-order valence-corrected chi connectivity index (χ2v) is 11.0. The average molecular weight is 542 g/mol. The molecule has 2 fully saturated rings. The fourth-order valence-corrected chi connectivity index (χ4v) is 6.03. The van der Waals surface area contributed by atoms with Crippen molar-refractivity contribution >= 4 is 17.8 Å². The lowest BCUT2D eigenvalue weighted by Crippen LogP contribution is -2.74. The molecule has 2 aromatic carbocycles. The highest BCUT2D eigenvalue weighted by molar-refractivity contribution is 5.92. The number of carbonyl (C=O) groups is 3. The van der Waals surface area contributed by atoms with Crippen LogP contribution < -0.4 is 5.32 Å². The molecule has 3 aliphatic rings. The first-order chi connectivity index (χ1) is 19.4. The Bertz CT molecular complexity index is 1280. The number of fused-ring (bicyclic) bond motifs is 1. The van der Waals surface area contributed by atoms with Gasteiger partial charge in [0.15, 0.2) is 0 Å². The second-order valence-electron chi connectivity index (χ2n) is 11.0. The number of hydrazine groups is 1. The maximum Gasteiger partial charge on any atom is 0.334 e. The standard InChI is InChI=1S/C32H39N5O3/c1-4-35-22-29(38)36-28(37(35)32(40)33-19-25-13-11-12-23(2)18-25)21-34(20-24(3)26-14-7-5-8-15-26)31(39)30(36)27-16-9-6-10-17-27/h5-17,23-24,28,30H,4,18-22H2,1-3H3,(H,33,40)/t23?,24?,28-,30-/m0/s1. The van der Waals surface area contributed by atoms with Crippen LogP contribution in [0.4, 0.5) is 4.79 Å². The Balaban J connectivity index is 1.46. The van der Waals surface area contributed by atoms with Crippen molar-refractivity contribution in [3.8, 4) is 0 Å². The predicted molar refractivity (Wildman–Crippen MR) is 155 cm³/mol. The summed E-state index contributed by atoms with van der Waals surface area (Å²) < 4.78 is 0. The van der Waals surface area contributed by atoms with Crippen molar-refractivity contribution in [2.24, 2.45) is 5.92 Å². The number of urea groups is 1. The summed E-state index contributed by atoms with van der Waals surface area (Å²) in [4.78, 5) is 45.0. The molecule has 40 heavy (non-hydrogen) atoms. The molecule has 2 aliphatic heterocycles. The van der Waals surface area contributed by atoms with Crippen LogP contribution in [0.1, 0.15) is 50.3 Å². The summed E-state index contributed by atoms with van der Waals surface area (Å²) in [6, 6.07) is 18.5. The van der Waals surface area contributed by atoms with Crippen molar-refractivity contribution < 1.29 is 14.4 Å². The van der Waals surface area contributed by atoms with Gasteiger partial charge in [-0.05, 0) is 29.4 Å². The fourth-order valence-electron chi connectivity index (χ4n) is 6.03. The van der Waals surface area contributed by atoms with Crippen molar-refractivity contribution in [1.82, 2.24) is 25.1 Å². The summed E-state index contributed by atoms with van der Waals surface area (Å²) in [5.41, 5.74) is 3.06. The van der Waals surface area contributed by atoms with E-state index < -0.39 is 12.2 Å². The number of hydrogen-bond donors (Lipinski definition) is 1. The summed E-state index contributed by atoms with van der Waals surface area (Å²) in [7, 11) is 0. The molecule has 8 nitrogen and oxygen atoms in total. The minimum Gasteiger partial charge on any atom is -0.336 e. The van der Waals surface area contributed by atoms with Gasteiger partial charge in [0.05, 0.1) is 13.1 Å². The largest absolute Gasteiger partial charge is 0.336 e. The summed E-state index contributed by atoms with van der Waals surface area (Å²) in [6.45, 7) is 7.92. The Morgan fingerprint density at radius 1 is 1.05 bits per heavy atom. The van der Waals surface area contributed by atoms with Gasteiger partial charge in [-0.25, -0.2) is 14.8 Å². The number of rotatable bonds is 7. The quantitative estimate of drug-likeness (QED) is 0.567. The number of allylic oxidation sites excluding steroid dienone is 3. The van der Waals surface area contributed by atoms with Crippen LogP contribution >= 0.6 is 0 Å². The van der Waals surface area contributed by atoms with Crippen LogP contribution in [0.3, 0.4) is 0 Å². The smallest absolute Gasteiger partial charge is 0.334 e. The molecule has 0 saturated carbocycles. The topological polar surface area (TPSA) is 76.2 Å². The zero-order valence-electron chi connectivity index (χ0n) is 23.6. The van der Waals surface area contributed by atoms with Crippen LogP contribution in [0, 0.1) is 5.92 Å². The summed E-state index contributed by atoms with van der Waals surface area (Å²) in [5, 5.41) is 6.58. The summed E-state index contributed by atoms with van der Waals surface area (Å²) in [6.07, 6.45) is 6.54. The lowest BCUT2D eigenvalue weighted by atomic mass is 9.95. The van der Waals surface area contributed by atoms with Crippen LogP contribution in [0.5, 0.6) is 0 Å². The van der Waals surface area contributed by atoms with E-state index in [-0.39, 0.29) is 36.9 Å². The van der Waals surface area contributed by atoms with Crippen molar-refractivity contribution in [2.75, 3.05) is 32.7 Å². The molecule has 2 unspecified atom stereocenters. The number of nitrogens with zero attached hydrogens (tertiary/aromatic N) is 4. The molecule has 2 aromatic rings. The number of likely N-dealkylation sites (N-methyl/N-ethyl adjacent to an activating group) is 1. The van der Waals surface area contributed by atoms with Gasteiger partial charge in [-0.2, -0.15) is 0 Å². The average Bonchev–Trinajstić information content (AvgIpc) is 2.97. The molecular weight excluding hydrogens is 502 g/mol. The van der Waals surface area contributed by atoms with Crippen molar-refractivity contribution in [3.63, 3.8) is 0 Å². The molecule has 210 valence electrons. The Morgan fingerprint density at radius 3 is 2.42 bits per heavy atom. The predicted octanol–water partition coefficient (Wildman–Crippen LogP) is 4.31. The first-order valence-electron chi connectivity index (χ1n) is 14.2. The van der Waals surface area contributed by atoms with Crippen LogP contribution in [0.15, 0.2) is 84.5 Å². The molecule has 4 atom stereocenters. The van der Waals surface area contributed by atoms with E-state index in [1.54, 1.807) is 14.9 Å². The zero-order chi connectivity index (χ0) is 28.2. The van der Waals surface area contributed by atoms with Gasteiger partial charge in [-0.15, -0.1) is 0 Å². The maximum atomic E-state index is 14.1. The Kier molecular flexibility index (Phi) is 8.35. The molecule has 0 aromatic heterocycles. The normalized spacial score (nSPS) is 24.0. The number of benzene rings is 2. The van der Waals surface area contributed by atoms with Gasteiger partial charge in [0, 0.05) is 19.6 Å². The third kappa shape index (κ3) is 5.68. The molecule has 4 amide bonds. The van der Waals surface area contributed by atoms with E-state index in [2.05, 4.69) is 43.4 Å². The van der Waals surface area contributed by atoms with E-state index in [9.17, 15) is 14.4 Å². The van der Waals surface area contributed by atoms with Crippen LogP contribution in [0.2, 0.25) is 0 Å². The number of hydrogen-bond acceptors (Lipinski definition) is 4. The van der Waals surface area contributed by atoms with Gasteiger partial charge in [0.25, 0.3) is 0 Å². The van der Waals surface area contributed by atoms with Gasteiger partial charge >= 0.3 is 6.03 Å². The number of piperazine rings is 1. The molecule has 2 saturated heterocycles. The maximum absolute atomic E-state index is 14.1. The highest BCUT2D eigenvalue weighted by Crippen LogP contribution is 2.35. The van der Waals surface area contributed by atoms with Gasteiger partial charge in [0.1, 0.15) is 12.2 Å². The molecular formula is C32H39N5O3. The Hall–Kier alpha value is -3.91. The zero-order valence-corrected chi connectivity index (χ0v) is 23.6. The second kappa shape index (κ2) is 12.1. The third-order valence-corrected chi connectivity index (χ3v) is 8.10. The van der Waals surface area contributed by atoms with Crippen LogP contribution in [-0.2, 0) is 9.59 Å². The van der Waals surface area contributed by atoms with Gasteiger partial charge in [-0.3, -0.25) is 9.59 Å². The highest BCUT2D eigenvalue weighted by atomic mass is 16.2. The molecule has 0 spiro atoms. The third-order valence-electron chi connectivity index (χ3n) is 8.10. The Labute approximate surface area is 236 Å². The molecule has 8 heteroatoms. The van der Waals surface area contributed by atoms with Gasteiger partial charge < -0.3 is 15.1 Å². The minimum atomic E-state index is -0.795. The van der Waals surface area contributed by atoms with Gasteiger partial charge in [0.2, 0.25) is 11.8 Å². The molecule has 1 N–H and O–H groups in total. The lowest BCUT2D eigenvalue weighted by molar-refractivity contribution is -0.190. The number of amides is 4. The molecule has 2 heterocycles. The SMILES string of the molecule is CCN1CC(=O)N2[C@@H](c3ccccc3)C(=O)N(CC(C)c3ccccc3)C[C@@H]2N1C(=O)NCC1=CC=CC(C)C1. The van der Waals surface area contributed by atoms with Crippen molar-refractivity contribution in [1.29, 1.82) is 0 Å². The van der Waals surface area contributed by atoms with E-state index in [0.717, 1.165) is 23.1 Å². The van der Waals surface area contributed by atoms with E-state index in [1.807, 2.05) is 66.4 Å². The van der Waals surface area contributed by atoms with Crippen molar-refractivity contribution in [3.05, 3.63) is 95.6 Å². The van der Waals surface area contributed by atoms with Gasteiger partial charge in [-0.1, -0.05) is 105 Å². The fraction of sp³-hybridized carbons (Fsp3) is 0.406. The minimum absolute atomic E-state index is 0.0416. The molecule has 0 radical (unpaired) electrons. The van der Waals surface area contributed by atoms with E-state index >= 15 is 0 Å². The first-order valence-corrected chi connectivity index (χ1v) is 14.2. The molecule has 1 aliphatic carbocycles. The van der Waals surface area contributed by atoms with Crippen molar-refractivity contribution in [2.45, 2.75) is 45.3 Å². The number of carbonyl (C=O) groups excluding carboxylic acids is 3. The first kappa shape index (κ1) is 27.6. The Morgan fingerprint density at radius 2 is 1.75 bits per heavy atom. The summed E-state index contributed by atoms with van der Waals surface area (Å²) in [5.74, 6) is 0.258. The monoisotopic (exact) mass is 541 g/mol. The highest BCUT2D eigenvalue weighted by Gasteiger charge is 2.51. The summed E-state index contributed by atoms with van der Waals surface area (Å²) >= 11 is 0. The number of nitrogens with one attached hydrogen (secondary N) is 1. The molecule has 0 bridgehead atoms. The molecule has 5 rings (SSSR count). The van der Waals surface area contributed by atoms with Crippen LogP contribution in [-0.4, -0.2) is 76.6 Å². The van der Waals surface area contributed by atoms with E-state index in [4.69, 9.17) is 0 Å². The van der Waals surface area contributed by atoms with Crippen LogP contribution in [0.25, 0.3) is 0 Å². The lowest BCUT2D eigenvalue weighted by Gasteiger charge is -2.55. The van der Waals surface area contributed by atoms with E-state index in [1.165, 1.54) is 0 Å².